The highest BCUT2D eigenvalue weighted by Gasteiger charge is 2.29. The smallest absolute Gasteiger partial charge is 0.137 e. The topological polar surface area (TPSA) is 84.1 Å². The number of aliphatic hydroxyl groups excluding tert-OH is 1. The van der Waals surface area contributed by atoms with Crippen molar-refractivity contribution in [1.29, 1.82) is 0 Å². The predicted molar refractivity (Wildman–Crippen MR) is 71.2 cm³/mol. The fraction of sp³-hybridized carbons (Fsp3) is 0.385. The molecular formula is C13H16N4O. The summed E-state index contributed by atoms with van der Waals surface area (Å²) in [5.74, 6) is 1.21. The van der Waals surface area contributed by atoms with Crippen LogP contribution >= 0.6 is 0 Å². The molecule has 1 atom stereocenters. The van der Waals surface area contributed by atoms with Crippen molar-refractivity contribution >= 4 is 22.4 Å². The first-order valence-corrected chi connectivity index (χ1v) is 6.16. The van der Waals surface area contributed by atoms with E-state index in [0.717, 1.165) is 29.6 Å². The van der Waals surface area contributed by atoms with Gasteiger partial charge in [0, 0.05) is 17.6 Å². The van der Waals surface area contributed by atoms with Crippen molar-refractivity contribution in [3.8, 4) is 0 Å². The molecule has 1 aliphatic rings. The molecule has 1 fully saturated rings. The molecule has 1 aromatic carbocycles. The van der Waals surface area contributed by atoms with Crippen LogP contribution in [0.5, 0.6) is 0 Å². The van der Waals surface area contributed by atoms with Crippen molar-refractivity contribution in [2.75, 3.05) is 17.6 Å². The molecular weight excluding hydrogens is 228 g/mol. The van der Waals surface area contributed by atoms with E-state index < -0.39 is 0 Å². The number of hydrogen-bond acceptors (Lipinski definition) is 5. The first-order chi connectivity index (χ1) is 8.74. The van der Waals surface area contributed by atoms with Crippen LogP contribution in [0.15, 0.2) is 24.5 Å². The first-order valence-electron chi connectivity index (χ1n) is 6.16. The summed E-state index contributed by atoms with van der Waals surface area (Å²) >= 11 is 0. The number of hydrogen-bond donors (Lipinski definition) is 3. The highest BCUT2D eigenvalue weighted by Crippen LogP contribution is 2.32. The average molecular weight is 244 g/mol. The van der Waals surface area contributed by atoms with Gasteiger partial charge in [-0.3, -0.25) is 0 Å². The average Bonchev–Trinajstić information content (AvgIpc) is 3.19. The molecule has 0 bridgehead atoms. The number of rotatable bonds is 4. The van der Waals surface area contributed by atoms with Crippen LogP contribution in [0.2, 0.25) is 0 Å². The molecule has 5 heteroatoms. The molecule has 94 valence electrons. The summed E-state index contributed by atoms with van der Waals surface area (Å²) in [5, 5.41) is 14.0. The molecule has 0 amide bonds. The second-order valence-electron chi connectivity index (χ2n) is 4.78. The van der Waals surface area contributed by atoms with Crippen molar-refractivity contribution in [2.24, 2.45) is 5.92 Å². The Labute approximate surface area is 105 Å². The normalized spacial score (nSPS) is 16.7. The maximum atomic E-state index is 9.84. The summed E-state index contributed by atoms with van der Waals surface area (Å²) in [6, 6.07) is 5.55. The minimum absolute atomic E-state index is 0.288. The molecule has 2 aromatic rings. The molecule has 1 unspecified atom stereocenters. The monoisotopic (exact) mass is 244 g/mol. The van der Waals surface area contributed by atoms with Crippen LogP contribution in [0, 0.1) is 5.92 Å². The third-order valence-electron chi connectivity index (χ3n) is 3.31. The molecule has 1 saturated carbocycles. The molecule has 0 saturated heterocycles. The van der Waals surface area contributed by atoms with Gasteiger partial charge in [-0.2, -0.15) is 0 Å². The summed E-state index contributed by atoms with van der Waals surface area (Å²) in [7, 11) is 0. The molecule has 5 nitrogen and oxygen atoms in total. The minimum atomic E-state index is -0.288. The van der Waals surface area contributed by atoms with Crippen LogP contribution in [-0.4, -0.2) is 27.7 Å². The van der Waals surface area contributed by atoms with Crippen molar-refractivity contribution in [1.82, 2.24) is 9.97 Å². The van der Waals surface area contributed by atoms with Crippen LogP contribution in [0.3, 0.4) is 0 Å². The van der Waals surface area contributed by atoms with Crippen LogP contribution in [0.4, 0.5) is 11.5 Å². The van der Waals surface area contributed by atoms with Crippen molar-refractivity contribution < 1.29 is 5.11 Å². The number of anilines is 2. The Balaban J connectivity index is 1.82. The number of aromatic nitrogens is 2. The van der Waals surface area contributed by atoms with Gasteiger partial charge < -0.3 is 16.2 Å². The largest absolute Gasteiger partial charge is 0.399 e. The SMILES string of the molecule is Nc1ccc2c(NCC(O)C3CC3)ncnc2c1. The van der Waals surface area contributed by atoms with Crippen LogP contribution < -0.4 is 11.1 Å². The highest BCUT2D eigenvalue weighted by molar-refractivity contribution is 5.90. The number of fused-ring (bicyclic) bond motifs is 1. The zero-order chi connectivity index (χ0) is 12.5. The summed E-state index contributed by atoms with van der Waals surface area (Å²) in [6.07, 6.45) is 3.48. The summed E-state index contributed by atoms with van der Waals surface area (Å²) in [4.78, 5) is 8.40. The van der Waals surface area contributed by atoms with Crippen molar-refractivity contribution in [3.63, 3.8) is 0 Å². The maximum Gasteiger partial charge on any atom is 0.137 e. The van der Waals surface area contributed by atoms with E-state index in [9.17, 15) is 5.11 Å². The number of nitrogens with zero attached hydrogens (tertiary/aromatic N) is 2. The van der Waals surface area contributed by atoms with Crippen LogP contribution in [0.1, 0.15) is 12.8 Å². The lowest BCUT2D eigenvalue weighted by molar-refractivity contribution is 0.164. The maximum absolute atomic E-state index is 9.84. The standard InChI is InChI=1S/C13H16N4O/c14-9-3-4-10-11(5-9)16-7-17-13(10)15-6-12(18)8-1-2-8/h3-5,7-8,12,18H,1-2,6,14H2,(H,15,16,17). The number of aliphatic hydroxyl groups is 1. The van der Waals surface area contributed by atoms with E-state index in [1.165, 1.54) is 6.33 Å². The van der Waals surface area contributed by atoms with Crippen LogP contribution in [-0.2, 0) is 0 Å². The zero-order valence-electron chi connectivity index (χ0n) is 10.0. The number of nitrogens with two attached hydrogens (primary N) is 1. The van der Waals surface area contributed by atoms with Gasteiger partial charge in [0.1, 0.15) is 12.1 Å². The van der Waals surface area contributed by atoms with Gasteiger partial charge in [0.2, 0.25) is 0 Å². The van der Waals surface area contributed by atoms with Gasteiger partial charge in [-0.05, 0) is 37.0 Å². The Hall–Kier alpha value is -1.88. The fourth-order valence-electron chi connectivity index (χ4n) is 2.06. The van der Waals surface area contributed by atoms with Gasteiger partial charge in [-0.25, -0.2) is 9.97 Å². The Morgan fingerprint density at radius 1 is 1.39 bits per heavy atom. The second-order valence-corrected chi connectivity index (χ2v) is 4.78. The van der Waals surface area contributed by atoms with Gasteiger partial charge in [0.25, 0.3) is 0 Å². The highest BCUT2D eigenvalue weighted by atomic mass is 16.3. The van der Waals surface area contributed by atoms with Crippen LogP contribution in [0.25, 0.3) is 10.9 Å². The molecule has 1 aromatic heterocycles. The molecule has 0 radical (unpaired) electrons. The molecule has 0 aliphatic heterocycles. The zero-order valence-corrected chi connectivity index (χ0v) is 10.0. The molecule has 4 N–H and O–H groups in total. The Morgan fingerprint density at radius 3 is 3.00 bits per heavy atom. The first kappa shape index (κ1) is 11.2. The van der Waals surface area contributed by atoms with Crippen molar-refractivity contribution in [3.05, 3.63) is 24.5 Å². The van der Waals surface area contributed by atoms with E-state index in [1.54, 1.807) is 0 Å². The van der Waals surface area contributed by atoms with Gasteiger partial charge >= 0.3 is 0 Å². The Morgan fingerprint density at radius 2 is 2.22 bits per heavy atom. The number of nitrogens with one attached hydrogen (secondary N) is 1. The van der Waals surface area contributed by atoms with E-state index in [-0.39, 0.29) is 6.10 Å². The molecule has 18 heavy (non-hydrogen) atoms. The number of nitrogen functional groups attached to an aromatic ring is 1. The van der Waals surface area contributed by atoms with E-state index in [2.05, 4.69) is 15.3 Å². The lowest BCUT2D eigenvalue weighted by Crippen LogP contribution is -2.21. The molecule has 1 aliphatic carbocycles. The predicted octanol–water partition coefficient (Wildman–Crippen LogP) is 1.39. The Bertz CT molecular complexity index is 568. The third kappa shape index (κ3) is 2.22. The van der Waals surface area contributed by atoms with Gasteiger partial charge in [-0.15, -0.1) is 0 Å². The van der Waals surface area contributed by atoms with Gasteiger partial charge in [0.15, 0.2) is 0 Å². The lowest BCUT2D eigenvalue weighted by Gasteiger charge is -2.12. The molecule has 0 spiro atoms. The summed E-state index contributed by atoms with van der Waals surface area (Å²) < 4.78 is 0. The Kier molecular flexibility index (Phi) is 2.76. The summed E-state index contributed by atoms with van der Waals surface area (Å²) in [5.41, 5.74) is 7.22. The third-order valence-corrected chi connectivity index (χ3v) is 3.31. The van der Waals surface area contributed by atoms with E-state index in [0.29, 0.717) is 18.2 Å². The summed E-state index contributed by atoms with van der Waals surface area (Å²) in [6.45, 7) is 0.529. The fourth-order valence-corrected chi connectivity index (χ4v) is 2.06. The minimum Gasteiger partial charge on any atom is -0.399 e. The van der Waals surface area contributed by atoms with Crippen molar-refractivity contribution in [2.45, 2.75) is 18.9 Å². The molecule has 1 heterocycles. The van der Waals surface area contributed by atoms with E-state index in [4.69, 9.17) is 5.73 Å². The van der Waals surface area contributed by atoms with E-state index in [1.807, 2.05) is 18.2 Å². The second kappa shape index (κ2) is 4.42. The van der Waals surface area contributed by atoms with Gasteiger partial charge in [0.05, 0.1) is 11.6 Å². The quantitative estimate of drug-likeness (QED) is 0.708. The number of benzene rings is 1. The van der Waals surface area contributed by atoms with E-state index >= 15 is 0 Å². The van der Waals surface area contributed by atoms with Gasteiger partial charge in [-0.1, -0.05) is 0 Å². The molecule has 3 rings (SSSR count). The lowest BCUT2D eigenvalue weighted by atomic mass is 10.2.